The molecule has 1 fully saturated rings. The number of carbonyl (C=O) groups is 1. The molecule has 3 aromatic heterocycles. The van der Waals surface area contributed by atoms with Crippen LogP contribution in [-0.4, -0.2) is 41.8 Å². The topological polar surface area (TPSA) is 89.2 Å². The SMILES string of the molecule is O=C(CCc1cc(-c2ccc(C(F)(F)F)nc2)ncn1)[C@@H]1CCCN1S(=O)(=S)c1cc2cc(F)ccc2o1. The van der Waals surface area contributed by atoms with Crippen molar-refractivity contribution >= 4 is 36.6 Å². The molecule has 198 valence electrons. The first-order chi connectivity index (χ1) is 18.0. The van der Waals surface area contributed by atoms with Crippen molar-refractivity contribution < 1.29 is 31.0 Å². The fourth-order valence-electron chi connectivity index (χ4n) is 4.41. The van der Waals surface area contributed by atoms with Gasteiger partial charge in [-0.05, 0) is 55.7 Å². The smallest absolute Gasteiger partial charge is 0.433 e. The summed E-state index contributed by atoms with van der Waals surface area (Å²) in [5.41, 5.74) is 0.623. The second-order valence-corrected chi connectivity index (χ2v) is 12.0. The lowest BCUT2D eigenvalue weighted by molar-refractivity contribution is -0.141. The minimum Gasteiger partial charge on any atom is -0.446 e. The summed E-state index contributed by atoms with van der Waals surface area (Å²) in [5.74, 6) is -0.629. The lowest BCUT2D eigenvalue weighted by Crippen LogP contribution is -2.40. The predicted octanol–water partition coefficient (Wildman–Crippen LogP) is 5.13. The Morgan fingerprint density at radius 1 is 1.13 bits per heavy atom. The molecule has 1 aliphatic heterocycles. The molecular weight excluding hydrogens is 544 g/mol. The molecule has 2 atom stereocenters. The van der Waals surface area contributed by atoms with Crippen LogP contribution in [-0.2, 0) is 37.3 Å². The minimum absolute atomic E-state index is 0.0124. The zero-order valence-corrected chi connectivity index (χ0v) is 21.3. The Labute approximate surface area is 219 Å². The number of ketones is 1. The molecule has 1 aromatic carbocycles. The van der Waals surface area contributed by atoms with Gasteiger partial charge in [0.15, 0.2) is 14.5 Å². The van der Waals surface area contributed by atoms with Gasteiger partial charge in [-0.1, -0.05) is 0 Å². The standard InChI is InChI=1S/C25H20F4N4O3S2/c26-17-4-7-22-16(10-17)11-24(36-22)38(35,37)33-9-1-2-20(33)21(34)6-5-18-12-19(32-14-31-18)15-3-8-23(30-13-15)25(27,28)29/h3-4,7-8,10-14,20H,1-2,5-6,9H2/t20-,38?/m0/s1. The monoisotopic (exact) mass is 564 g/mol. The van der Waals surface area contributed by atoms with E-state index in [4.69, 9.17) is 15.6 Å². The summed E-state index contributed by atoms with van der Waals surface area (Å²) < 4.78 is 72.7. The number of hydrogen-bond acceptors (Lipinski definition) is 7. The number of aryl methyl sites for hydroxylation is 1. The van der Waals surface area contributed by atoms with Gasteiger partial charge in [-0.2, -0.15) is 13.2 Å². The predicted molar refractivity (Wildman–Crippen MR) is 133 cm³/mol. The fraction of sp³-hybridized carbons (Fsp3) is 0.280. The van der Waals surface area contributed by atoms with Crippen LogP contribution in [0.25, 0.3) is 22.2 Å². The highest BCUT2D eigenvalue weighted by molar-refractivity contribution is 8.31. The number of rotatable bonds is 7. The molecule has 4 heterocycles. The fourth-order valence-corrected chi connectivity index (χ4v) is 6.82. The average Bonchev–Trinajstić information content (AvgIpc) is 3.55. The van der Waals surface area contributed by atoms with Crippen molar-refractivity contribution in [3.8, 4) is 11.3 Å². The van der Waals surface area contributed by atoms with Crippen LogP contribution in [0.3, 0.4) is 0 Å². The van der Waals surface area contributed by atoms with E-state index in [-0.39, 0.29) is 23.7 Å². The number of carbonyl (C=O) groups excluding carboxylic acids is 1. The van der Waals surface area contributed by atoms with Gasteiger partial charge in [0.2, 0.25) is 5.09 Å². The van der Waals surface area contributed by atoms with Crippen LogP contribution in [0.2, 0.25) is 0 Å². The van der Waals surface area contributed by atoms with Gasteiger partial charge in [0.25, 0.3) is 0 Å². The normalized spacial score (nSPS) is 18.1. The number of alkyl halides is 3. The van der Waals surface area contributed by atoms with Gasteiger partial charge < -0.3 is 4.42 Å². The van der Waals surface area contributed by atoms with Crippen molar-refractivity contribution in [2.45, 2.75) is 43.0 Å². The van der Waals surface area contributed by atoms with Crippen LogP contribution in [0.15, 0.2) is 64.5 Å². The van der Waals surface area contributed by atoms with Crippen LogP contribution in [0.4, 0.5) is 17.6 Å². The highest BCUT2D eigenvalue weighted by Crippen LogP contribution is 2.32. The van der Waals surface area contributed by atoms with Gasteiger partial charge in [-0.15, -0.1) is 0 Å². The van der Waals surface area contributed by atoms with Crippen LogP contribution < -0.4 is 0 Å². The molecule has 1 saturated heterocycles. The lowest BCUT2D eigenvalue weighted by atomic mass is 10.0. The Kier molecular flexibility index (Phi) is 7.01. The summed E-state index contributed by atoms with van der Waals surface area (Å²) >= 11 is 5.44. The second kappa shape index (κ2) is 10.1. The van der Waals surface area contributed by atoms with Gasteiger partial charge in [0.05, 0.1) is 11.7 Å². The summed E-state index contributed by atoms with van der Waals surface area (Å²) in [5, 5.41) is 0.445. The van der Waals surface area contributed by atoms with E-state index in [0.29, 0.717) is 47.3 Å². The van der Waals surface area contributed by atoms with E-state index in [2.05, 4.69) is 15.0 Å². The molecule has 1 aliphatic rings. The number of fused-ring (bicyclic) bond motifs is 1. The Bertz CT molecular complexity index is 1610. The Morgan fingerprint density at radius 2 is 1.95 bits per heavy atom. The first kappa shape index (κ1) is 26.3. The molecule has 0 spiro atoms. The van der Waals surface area contributed by atoms with E-state index in [0.717, 1.165) is 12.3 Å². The summed E-state index contributed by atoms with van der Waals surface area (Å²) in [6.45, 7) is 0.350. The van der Waals surface area contributed by atoms with Crippen LogP contribution in [0.5, 0.6) is 0 Å². The summed E-state index contributed by atoms with van der Waals surface area (Å²) in [6, 6.07) is 8.44. The Hall–Kier alpha value is -3.29. The molecule has 0 N–H and O–H groups in total. The number of halogens is 4. The quantitative estimate of drug-likeness (QED) is 0.288. The van der Waals surface area contributed by atoms with Crippen LogP contribution >= 0.6 is 0 Å². The van der Waals surface area contributed by atoms with Crippen LogP contribution in [0.1, 0.15) is 30.7 Å². The third-order valence-electron chi connectivity index (χ3n) is 6.29. The van der Waals surface area contributed by atoms with Gasteiger partial charge in [0.1, 0.15) is 23.4 Å². The number of nitrogens with zero attached hydrogens (tertiary/aromatic N) is 4. The molecule has 0 radical (unpaired) electrons. The molecule has 1 unspecified atom stereocenters. The van der Waals surface area contributed by atoms with E-state index >= 15 is 0 Å². The molecule has 0 bridgehead atoms. The number of benzene rings is 1. The number of pyridine rings is 1. The summed E-state index contributed by atoms with van der Waals surface area (Å²) in [4.78, 5) is 24.9. The molecule has 38 heavy (non-hydrogen) atoms. The summed E-state index contributed by atoms with van der Waals surface area (Å²) in [6.07, 6.45) is -0.752. The van der Waals surface area contributed by atoms with E-state index < -0.39 is 32.4 Å². The van der Waals surface area contributed by atoms with E-state index in [9.17, 15) is 26.6 Å². The zero-order valence-electron chi connectivity index (χ0n) is 19.7. The third-order valence-corrected chi connectivity index (χ3v) is 9.13. The highest BCUT2D eigenvalue weighted by atomic mass is 32.8. The third kappa shape index (κ3) is 5.31. The van der Waals surface area contributed by atoms with E-state index in [1.165, 1.54) is 41.0 Å². The maximum Gasteiger partial charge on any atom is 0.433 e. The molecule has 7 nitrogen and oxygen atoms in total. The lowest BCUT2D eigenvalue weighted by Gasteiger charge is -2.24. The number of furan rings is 1. The van der Waals surface area contributed by atoms with Crippen molar-refractivity contribution in [3.63, 3.8) is 0 Å². The first-order valence-electron chi connectivity index (χ1n) is 11.6. The zero-order chi connectivity index (χ0) is 27.1. The largest absolute Gasteiger partial charge is 0.446 e. The van der Waals surface area contributed by atoms with Crippen molar-refractivity contribution in [3.05, 3.63) is 72.2 Å². The molecule has 4 aromatic rings. The number of Topliss-reactive ketones (excluding diaryl/α,β-unsaturated/α-hetero) is 1. The van der Waals surface area contributed by atoms with Gasteiger partial charge in [0, 0.05) is 53.1 Å². The molecule has 13 heteroatoms. The van der Waals surface area contributed by atoms with Crippen molar-refractivity contribution in [1.82, 2.24) is 19.3 Å². The molecule has 5 rings (SSSR count). The Morgan fingerprint density at radius 3 is 2.68 bits per heavy atom. The van der Waals surface area contributed by atoms with Crippen molar-refractivity contribution in [1.29, 1.82) is 0 Å². The first-order valence-corrected chi connectivity index (χ1v) is 14.0. The van der Waals surface area contributed by atoms with Crippen molar-refractivity contribution in [2.75, 3.05) is 6.54 Å². The highest BCUT2D eigenvalue weighted by Gasteiger charge is 2.38. The minimum atomic E-state index is -4.54. The van der Waals surface area contributed by atoms with Crippen LogP contribution in [0, 0.1) is 5.82 Å². The molecule has 0 saturated carbocycles. The Balaban J connectivity index is 1.28. The maximum absolute atomic E-state index is 13.6. The van der Waals surface area contributed by atoms with Gasteiger partial charge in [-0.3, -0.25) is 9.78 Å². The number of aromatic nitrogens is 3. The van der Waals surface area contributed by atoms with Gasteiger partial charge >= 0.3 is 6.18 Å². The summed E-state index contributed by atoms with van der Waals surface area (Å²) in [7, 11) is -3.30. The maximum atomic E-state index is 13.6. The number of hydrogen-bond donors (Lipinski definition) is 0. The molecular formula is C25H20F4N4O3S2. The van der Waals surface area contributed by atoms with E-state index in [1.807, 2.05) is 0 Å². The molecule has 0 amide bonds. The van der Waals surface area contributed by atoms with Crippen molar-refractivity contribution in [2.24, 2.45) is 0 Å². The van der Waals surface area contributed by atoms with Gasteiger partial charge in [-0.25, -0.2) is 22.9 Å². The second-order valence-electron chi connectivity index (χ2n) is 8.81. The van der Waals surface area contributed by atoms with E-state index in [1.54, 1.807) is 6.07 Å². The molecule has 0 aliphatic carbocycles. The average molecular weight is 565 g/mol.